The van der Waals surface area contributed by atoms with Crippen molar-refractivity contribution < 1.29 is 18.7 Å². The Balaban J connectivity index is 2.07. The summed E-state index contributed by atoms with van der Waals surface area (Å²) < 4.78 is 27.1. The zero-order valence-corrected chi connectivity index (χ0v) is 11.7. The molecule has 0 bridgehead atoms. The molecule has 0 aliphatic carbocycles. The lowest BCUT2D eigenvalue weighted by Gasteiger charge is -2.37. The van der Waals surface area contributed by atoms with Gasteiger partial charge in [0.15, 0.2) is 11.5 Å². The van der Waals surface area contributed by atoms with Crippen LogP contribution in [0.5, 0.6) is 0 Å². The number of hydrogen-bond donors (Lipinski definition) is 2. The van der Waals surface area contributed by atoms with Crippen molar-refractivity contribution in [2.45, 2.75) is 19.3 Å². The molecule has 0 saturated carbocycles. The van der Waals surface area contributed by atoms with Crippen LogP contribution in [0.2, 0.25) is 0 Å². The first-order valence-electron chi connectivity index (χ1n) is 6.83. The van der Waals surface area contributed by atoms with E-state index in [-0.39, 0.29) is 31.1 Å². The molecule has 1 fully saturated rings. The number of carbonyl (C=O) groups excluding carboxylic acids is 1. The predicted octanol–water partition coefficient (Wildman–Crippen LogP) is 0.680. The Bertz CT molecular complexity index is 495. The van der Waals surface area contributed by atoms with E-state index in [1.807, 2.05) is 0 Å². The van der Waals surface area contributed by atoms with E-state index in [1.54, 1.807) is 17.9 Å². The predicted molar refractivity (Wildman–Crippen MR) is 72.4 cm³/mol. The summed E-state index contributed by atoms with van der Waals surface area (Å²) in [5.74, 6) is -3.87. The first kappa shape index (κ1) is 15.6. The third-order valence-electron chi connectivity index (χ3n) is 3.52. The van der Waals surface area contributed by atoms with Crippen LogP contribution in [0.25, 0.3) is 0 Å². The normalized spacial score (nSPS) is 21.1. The Kier molecular flexibility index (Phi) is 4.66. The summed E-state index contributed by atoms with van der Waals surface area (Å²) in [6, 6.07) is 3.09. The van der Waals surface area contributed by atoms with Crippen LogP contribution < -0.4 is 10.2 Å². The number of aliphatic hydroxyl groups excluding tert-OH is 1. The van der Waals surface area contributed by atoms with Gasteiger partial charge < -0.3 is 15.3 Å². The molecule has 2 rings (SSSR count). The monoisotopic (exact) mass is 300 g/mol. The second kappa shape index (κ2) is 6.30. The van der Waals surface area contributed by atoms with Gasteiger partial charge in [0.05, 0.1) is 12.5 Å². The lowest BCUT2D eigenvalue weighted by atomic mass is 9.94. The minimum absolute atomic E-state index is 0.0126. The van der Waals surface area contributed by atoms with E-state index in [2.05, 4.69) is 15.5 Å². The molecule has 0 aromatic carbocycles. The number of rotatable bonds is 4. The molecule has 0 radical (unpaired) electrons. The number of aliphatic hydroxyl groups is 1. The zero-order valence-electron chi connectivity index (χ0n) is 11.7. The lowest BCUT2D eigenvalue weighted by molar-refractivity contribution is -0.0880. The highest BCUT2D eigenvalue weighted by Crippen LogP contribution is 2.34. The van der Waals surface area contributed by atoms with Crippen molar-refractivity contribution in [3.63, 3.8) is 0 Å². The molecule has 2 N–H and O–H groups in total. The Morgan fingerprint density at radius 1 is 1.52 bits per heavy atom. The summed E-state index contributed by atoms with van der Waals surface area (Å²) in [5, 5.41) is 19.4. The number of amides is 1. The number of hydrogen-bond acceptors (Lipinski definition) is 5. The Hall–Kier alpha value is -1.83. The average Bonchev–Trinajstić information content (AvgIpc) is 2.47. The van der Waals surface area contributed by atoms with E-state index in [0.717, 1.165) is 0 Å². The van der Waals surface area contributed by atoms with Gasteiger partial charge in [-0.1, -0.05) is 0 Å². The van der Waals surface area contributed by atoms with E-state index >= 15 is 0 Å². The average molecular weight is 300 g/mol. The maximum Gasteiger partial charge on any atom is 0.271 e. The molecule has 1 aliphatic rings. The van der Waals surface area contributed by atoms with Gasteiger partial charge in [0, 0.05) is 26.1 Å². The highest BCUT2D eigenvalue weighted by molar-refractivity contribution is 5.92. The largest absolute Gasteiger partial charge is 0.396 e. The fraction of sp³-hybridized carbons (Fsp3) is 0.615. The second-order valence-corrected chi connectivity index (χ2v) is 4.97. The van der Waals surface area contributed by atoms with Crippen molar-refractivity contribution in [2.24, 2.45) is 5.92 Å². The highest BCUT2D eigenvalue weighted by Gasteiger charge is 2.43. The molecular weight excluding hydrogens is 282 g/mol. The van der Waals surface area contributed by atoms with Crippen molar-refractivity contribution >= 4 is 11.7 Å². The van der Waals surface area contributed by atoms with E-state index < -0.39 is 18.4 Å². The number of halogens is 2. The number of nitrogens with zero attached hydrogens (tertiary/aromatic N) is 3. The quantitative estimate of drug-likeness (QED) is 0.855. The van der Waals surface area contributed by atoms with Crippen LogP contribution in [0, 0.1) is 5.92 Å². The van der Waals surface area contributed by atoms with Gasteiger partial charge >= 0.3 is 0 Å². The first-order chi connectivity index (χ1) is 9.97. The summed E-state index contributed by atoms with van der Waals surface area (Å²) in [5.41, 5.74) is 0.182. The van der Waals surface area contributed by atoms with Gasteiger partial charge in [0.1, 0.15) is 0 Å². The third kappa shape index (κ3) is 3.44. The van der Waals surface area contributed by atoms with Crippen LogP contribution in [-0.4, -0.2) is 53.4 Å². The Labute approximate surface area is 121 Å². The number of anilines is 1. The van der Waals surface area contributed by atoms with Gasteiger partial charge in [-0.3, -0.25) is 4.79 Å². The van der Waals surface area contributed by atoms with E-state index in [1.165, 1.54) is 6.07 Å². The number of aromatic nitrogens is 2. The molecule has 1 atom stereocenters. The summed E-state index contributed by atoms with van der Waals surface area (Å²) in [6.45, 7) is 1.86. The molecule has 1 aliphatic heterocycles. The maximum atomic E-state index is 13.5. The van der Waals surface area contributed by atoms with Crippen molar-refractivity contribution in [3.8, 4) is 0 Å². The topological polar surface area (TPSA) is 78.4 Å². The number of piperidine rings is 1. The SMILES string of the molecule is CCNC(=O)c1ccc(N2CCC(F)(F)C(CO)C2)nn1. The standard InChI is InChI=1S/C13H18F2N4O2/c1-2-16-12(21)10-3-4-11(18-17-10)19-6-5-13(14,15)9(7-19)8-20/h3-4,9,20H,2,5-8H2,1H3,(H,16,21). The third-order valence-corrected chi connectivity index (χ3v) is 3.52. The van der Waals surface area contributed by atoms with Gasteiger partial charge in [0.25, 0.3) is 11.8 Å². The van der Waals surface area contributed by atoms with Crippen LogP contribution in [-0.2, 0) is 0 Å². The fourth-order valence-corrected chi connectivity index (χ4v) is 2.24. The van der Waals surface area contributed by atoms with Crippen LogP contribution in [0.1, 0.15) is 23.8 Å². The van der Waals surface area contributed by atoms with Gasteiger partial charge in [-0.25, -0.2) is 8.78 Å². The molecule has 6 nitrogen and oxygen atoms in total. The fourth-order valence-electron chi connectivity index (χ4n) is 2.24. The lowest BCUT2D eigenvalue weighted by Crippen LogP contribution is -2.49. The smallest absolute Gasteiger partial charge is 0.271 e. The highest BCUT2D eigenvalue weighted by atomic mass is 19.3. The van der Waals surface area contributed by atoms with Crippen LogP contribution in [0.4, 0.5) is 14.6 Å². The molecule has 1 unspecified atom stereocenters. The van der Waals surface area contributed by atoms with Gasteiger partial charge in [-0.05, 0) is 19.1 Å². The number of alkyl halides is 2. The molecule has 0 spiro atoms. The van der Waals surface area contributed by atoms with Gasteiger partial charge in [-0.15, -0.1) is 10.2 Å². The van der Waals surface area contributed by atoms with Crippen LogP contribution >= 0.6 is 0 Å². The summed E-state index contributed by atoms with van der Waals surface area (Å²) in [7, 11) is 0. The molecule has 2 heterocycles. The van der Waals surface area contributed by atoms with Gasteiger partial charge in [0.2, 0.25) is 0 Å². The first-order valence-corrected chi connectivity index (χ1v) is 6.83. The van der Waals surface area contributed by atoms with Crippen LogP contribution in [0.15, 0.2) is 12.1 Å². The minimum Gasteiger partial charge on any atom is -0.396 e. The molecule has 1 saturated heterocycles. The molecule has 1 aromatic heterocycles. The Morgan fingerprint density at radius 3 is 2.86 bits per heavy atom. The van der Waals surface area contributed by atoms with E-state index in [0.29, 0.717) is 12.4 Å². The molecule has 116 valence electrons. The molecule has 21 heavy (non-hydrogen) atoms. The Morgan fingerprint density at radius 2 is 2.29 bits per heavy atom. The van der Waals surface area contributed by atoms with Crippen molar-refractivity contribution in [3.05, 3.63) is 17.8 Å². The zero-order chi connectivity index (χ0) is 15.5. The molecular formula is C13H18F2N4O2. The summed E-state index contributed by atoms with van der Waals surface area (Å²) >= 11 is 0. The molecule has 8 heteroatoms. The summed E-state index contributed by atoms with van der Waals surface area (Å²) in [6.07, 6.45) is -0.335. The van der Waals surface area contributed by atoms with Crippen molar-refractivity contribution in [1.82, 2.24) is 15.5 Å². The molecule has 1 amide bonds. The summed E-state index contributed by atoms with van der Waals surface area (Å²) in [4.78, 5) is 13.2. The van der Waals surface area contributed by atoms with Gasteiger partial charge in [-0.2, -0.15) is 0 Å². The number of carbonyl (C=O) groups is 1. The molecule has 1 aromatic rings. The van der Waals surface area contributed by atoms with Crippen molar-refractivity contribution in [1.29, 1.82) is 0 Å². The second-order valence-electron chi connectivity index (χ2n) is 4.97. The minimum atomic E-state index is -2.86. The van der Waals surface area contributed by atoms with E-state index in [9.17, 15) is 13.6 Å². The van der Waals surface area contributed by atoms with E-state index in [4.69, 9.17) is 5.11 Å². The van der Waals surface area contributed by atoms with Crippen molar-refractivity contribution in [2.75, 3.05) is 31.1 Å². The number of nitrogens with one attached hydrogen (secondary N) is 1. The maximum absolute atomic E-state index is 13.5. The van der Waals surface area contributed by atoms with Crippen LogP contribution in [0.3, 0.4) is 0 Å².